The summed E-state index contributed by atoms with van der Waals surface area (Å²) in [7, 11) is -2.62. The molecule has 0 spiro atoms. The highest BCUT2D eigenvalue weighted by Crippen LogP contribution is 2.60. The largest absolute Gasteiger partial charge is 0.197 e. The van der Waals surface area contributed by atoms with Crippen molar-refractivity contribution in [3.63, 3.8) is 0 Å². The third kappa shape index (κ3) is 8.56. The Labute approximate surface area is 298 Å². The fourth-order valence-corrected chi connectivity index (χ4v) is 16.3. The lowest BCUT2D eigenvalue weighted by Gasteiger charge is -2.46. The smallest absolute Gasteiger partial charge is 0.0830 e. The summed E-state index contributed by atoms with van der Waals surface area (Å²) in [5, 5.41) is 7.75. The highest BCUT2D eigenvalue weighted by Gasteiger charge is 2.52. The van der Waals surface area contributed by atoms with E-state index in [1.54, 1.807) is 0 Å². The SMILES string of the molecule is ClC(Cl)(Cl)C(CP(c1ccccc1)c1ccccc1)(CP(c1ccccc1)c1ccccc1)CP(c1ccccc1)c1ccccc1. The van der Waals surface area contributed by atoms with Gasteiger partial charge in [-0.15, -0.1) is 0 Å². The number of hydrogen-bond donors (Lipinski definition) is 0. The molecule has 47 heavy (non-hydrogen) atoms. The van der Waals surface area contributed by atoms with E-state index in [4.69, 9.17) is 34.8 Å². The Bertz CT molecular complexity index is 1460. The molecule has 0 heterocycles. The van der Waals surface area contributed by atoms with Crippen LogP contribution in [0.15, 0.2) is 182 Å². The van der Waals surface area contributed by atoms with Crippen LogP contribution in [0.3, 0.4) is 0 Å². The van der Waals surface area contributed by atoms with Gasteiger partial charge in [0.1, 0.15) is 0 Å². The molecule has 0 bridgehead atoms. The van der Waals surface area contributed by atoms with Gasteiger partial charge in [0.05, 0.1) is 0 Å². The highest BCUT2D eigenvalue weighted by molar-refractivity contribution is 7.75. The van der Waals surface area contributed by atoms with Crippen LogP contribution >= 0.6 is 58.6 Å². The maximum Gasteiger partial charge on any atom is 0.197 e. The van der Waals surface area contributed by atoms with Gasteiger partial charge in [0.25, 0.3) is 0 Å². The lowest BCUT2D eigenvalue weighted by molar-refractivity contribution is 0.449. The molecule has 0 atom stereocenters. The van der Waals surface area contributed by atoms with Crippen molar-refractivity contribution in [1.29, 1.82) is 0 Å². The minimum atomic E-state index is -1.55. The maximum atomic E-state index is 7.47. The van der Waals surface area contributed by atoms with Gasteiger partial charge in [-0.2, -0.15) is 0 Å². The molecule has 0 fully saturated rings. The zero-order valence-corrected chi connectivity index (χ0v) is 30.9. The van der Waals surface area contributed by atoms with Gasteiger partial charge < -0.3 is 0 Å². The van der Waals surface area contributed by atoms with Gasteiger partial charge in [-0.25, -0.2) is 0 Å². The van der Waals surface area contributed by atoms with Gasteiger partial charge in [0.2, 0.25) is 0 Å². The highest BCUT2D eigenvalue weighted by atomic mass is 35.6. The van der Waals surface area contributed by atoms with E-state index in [0.717, 1.165) is 18.5 Å². The van der Waals surface area contributed by atoms with Crippen LogP contribution in [0, 0.1) is 5.41 Å². The molecule has 236 valence electrons. The first kappa shape index (κ1) is 34.3. The minimum Gasteiger partial charge on any atom is -0.0830 e. The molecule has 0 aliphatic heterocycles. The van der Waals surface area contributed by atoms with E-state index in [9.17, 15) is 0 Å². The van der Waals surface area contributed by atoms with Gasteiger partial charge in [0, 0.05) is 5.41 Å². The number of rotatable bonds is 12. The predicted octanol–water partition coefficient (Wildman–Crippen LogP) is 9.74. The molecular formula is C41H36Cl3P3. The summed E-state index contributed by atoms with van der Waals surface area (Å²) in [6.07, 6.45) is 2.22. The van der Waals surface area contributed by atoms with E-state index < -0.39 is 33.0 Å². The second kappa shape index (κ2) is 16.3. The summed E-state index contributed by atoms with van der Waals surface area (Å²) < 4.78 is -1.55. The molecule has 0 saturated carbocycles. The van der Waals surface area contributed by atoms with E-state index in [0.29, 0.717) is 0 Å². The first-order valence-corrected chi connectivity index (χ1v) is 21.3. The van der Waals surface area contributed by atoms with E-state index >= 15 is 0 Å². The Morgan fingerprint density at radius 1 is 0.298 bits per heavy atom. The molecule has 0 nitrogen and oxygen atoms in total. The van der Waals surface area contributed by atoms with Crippen LogP contribution < -0.4 is 31.8 Å². The zero-order valence-electron chi connectivity index (χ0n) is 25.9. The van der Waals surface area contributed by atoms with Gasteiger partial charge in [-0.3, -0.25) is 0 Å². The van der Waals surface area contributed by atoms with Crippen molar-refractivity contribution >= 4 is 90.4 Å². The van der Waals surface area contributed by atoms with Crippen LogP contribution in [0.2, 0.25) is 0 Å². The molecule has 0 saturated heterocycles. The minimum absolute atomic E-state index is 0.691. The summed E-state index contributed by atoms with van der Waals surface area (Å²) in [4.78, 5) is 0. The van der Waals surface area contributed by atoms with Gasteiger partial charge in [0.15, 0.2) is 3.79 Å². The average Bonchev–Trinajstić information content (AvgIpc) is 3.13. The van der Waals surface area contributed by atoms with Crippen LogP contribution in [0.1, 0.15) is 0 Å². The van der Waals surface area contributed by atoms with Crippen molar-refractivity contribution in [3.05, 3.63) is 182 Å². The molecule has 0 aromatic heterocycles. The Hall–Kier alpha value is -2.52. The molecule has 0 amide bonds. The molecule has 0 unspecified atom stereocenters. The Kier molecular flexibility index (Phi) is 11.9. The summed E-state index contributed by atoms with van der Waals surface area (Å²) >= 11 is 22.4. The van der Waals surface area contributed by atoms with Crippen LogP contribution in [0.4, 0.5) is 0 Å². The summed E-state index contributed by atoms with van der Waals surface area (Å²) in [6, 6.07) is 65.0. The van der Waals surface area contributed by atoms with Crippen molar-refractivity contribution in [2.45, 2.75) is 3.79 Å². The fraction of sp³-hybridized carbons (Fsp3) is 0.122. The van der Waals surface area contributed by atoms with Crippen molar-refractivity contribution in [2.75, 3.05) is 18.5 Å². The molecule has 6 aromatic rings. The second-order valence-corrected chi connectivity index (χ2v) is 20.4. The predicted molar refractivity (Wildman–Crippen MR) is 215 cm³/mol. The van der Waals surface area contributed by atoms with Crippen molar-refractivity contribution < 1.29 is 0 Å². The zero-order chi connectivity index (χ0) is 32.5. The maximum absolute atomic E-state index is 7.47. The summed E-state index contributed by atoms with van der Waals surface area (Å²) in [6.45, 7) is 0. The van der Waals surface area contributed by atoms with Crippen LogP contribution in [0.5, 0.6) is 0 Å². The van der Waals surface area contributed by atoms with E-state index in [-0.39, 0.29) is 0 Å². The monoisotopic (exact) mass is 726 g/mol. The van der Waals surface area contributed by atoms with E-state index in [2.05, 4.69) is 182 Å². The molecule has 6 aromatic carbocycles. The molecular weight excluding hydrogens is 692 g/mol. The van der Waals surface area contributed by atoms with Crippen molar-refractivity contribution in [2.24, 2.45) is 5.41 Å². The lowest BCUT2D eigenvalue weighted by atomic mass is 9.98. The molecule has 0 aliphatic carbocycles. The third-order valence-electron chi connectivity index (χ3n) is 8.39. The quantitative estimate of drug-likeness (QED) is 0.0871. The second-order valence-electron chi connectivity index (χ2n) is 11.5. The van der Waals surface area contributed by atoms with Crippen LogP contribution in [-0.2, 0) is 0 Å². The molecule has 6 heteroatoms. The lowest BCUT2D eigenvalue weighted by Crippen LogP contribution is -2.48. The first-order valence-electron chi connectivity index (χ1n) is 15.6. The van der Waals surface area contributed by atoms with Crippen molar-refractivity contribution in [3.8, 4) is 0 Å². The number of halogens is 3. The standard InChI is InChI=1S/C41H36Cl3P3/c42-41(43,44)40(31-45(34-19-7-1-8-20-34)35-21-9-2-10-22-35,32-46(36-23-11-3-12-24-36)37-25-13-4-14-26-37)33-47(38-27-15-5-16-28-38)39-29-17-6-18-30-39/h1-30H,31-33H2. The molecule has 0 aliphatic rings. The molecule has 0 radical (unpaired) electrons. The Morgan fingerprint density at radius 3 is 0.617 bits per heavy atom. The summed E-state index contributed by atoms with van der Waals surface area (Å²) in [5.41, 5.74) is -0.691. The number of benzene rings is 6. The number of hydrogen-bond acceptors (Lipinski definition) is 0. The van der Waals surface area contributed by atoms with Gasteiger partial charge in [-0.05, 0) is 74.1 Å². The Morgan fingerprint density at radius 2 is 0.468 bits per heavy atom. The Balaban J connectivity index is 1.57. The third-order valence-corrected chi connectivity index (χ3v) is 17.9. The average molecular weight is 728 g/mol. The van der Waals surface area contributed by atoms with Gasteiger partial charge in [-0.1, -0.05) is 217 Å². The first-order chi connectivity index (χ1) is 22.9. The van der Waals surface area contributed by atoms with Crippen LogP contribution in [-0.4, -0.2) is 22.3 Å². The number of alkyl halides is 3. The van der Waals surface area contributed by atoms with Crippen LogP contribution in [0.25, 0.3) is 0 Å². The molecule has 0 N–H and O–H groups in total. The fourth-order valence-electron chi connectivity index (χ4n) is 5.97. The van der Waals surface area contributed by atoms with E-state index in [1.807, 2.05) is 0 Å². The topological polar surface area (TPSA) is 0 Å². The normalized spacial score (nSPS) is 12.1. The van der Waals surface area contributed by atoms with E-state index in [1.165, 1.54) is 31.8 Å². The molecule has 6 rings (SSSR count). The van der Waals surface area contributed by atoms with Crippen molar-refractivity contribution in [1.82, 2.24) is 0 Å². The summed E-state index contributed by atoms with van der Waals surface area (Å²) in [5.74, 6) is 0. The van der Waals surface area contributed by atoms with Gasteiger partial charge >= 0.3 is 0 Å².